The monoisotopic (exact) mass is 322 g/mol. The molecule has 0 saturated heterocycles. The van der Waals surface area contributed by atoms with Gasteiger partial charge in [-0.1, -0.05) is 30.3 Å². The second-order valence-electron chi connectivity index (χ2n) is 4.31. The van der Waals surface area contributed by atoms with Crippen LogP contribution in [0.1, 0.15) is 5.56 Å². The summed E-state index contributed by atoms with van der Waals surface area (Å²) in [6.07, 6.45) is 1.45. The SMILES string of the molecule is O=C(NCP(=O)(O)Oc1cccnc1)OCc1ccccc1. The molecular weight excluding hydrogens is 307 g/mol. The molecule has 0 spiro atoms. The van der Waals surface area contributed by atoms with Crippen LogP contribution in [0.25, 0.3) is 0 Å². The first-order chi connectivity index (χ1) is 10.6. The van der Waals surface area contributed by atoms with Gasteiger partial charge in [-0.2, -0.15) is 0 Å². The van der Waals surface area contributed by atoms with Gasteiger partial charge in [0.05, 0.1) is 6.20 Å². The van der Waals surface area contributed by atoms with Gasteiger partial charge in [0.25, 0.3) is 0 Å². The molecule has 1 aromatic heterocycles. The highest BCUT2D eigenvalue weighted by molar-refractivity contribution is 7.53. The number of hydrogen-bond acceptors (Lipinski definition) is 5. The molecule has 1 heterocycles. The Bertz CT molecular complexity index is 651. The van der Waals surface area contributed by atoms with Gasteiger partial charge in [0.15, 0.2) is 0 Å². The van der Waals surface area contributed by atoms with Crippen LogP contribution >= 0.6 is 7.60 Å². The van der Waals surface area contributed by atoms with E-state index in [2.05, 4.69) is 10.3 Å². The van der Waals surface area contributed by atoms with E-state index in [0.717, 1.165) is 5.56 Å². The Morgan fingerprint density at radius 2 is 2.00 bits per heavy atom. The molecule has 0 aliphatic rings. The van der Waals surface area contributed by atoms with E-state index >= 15 is 0 Å². The van der Waals surface area contributed by atoms with Gasteiger partial charge in [-0.05, 0) is 17.7 Å². The minimum Gasteiger partial charge on any atom is -0.445 e. The molecule has 7 nitrogen and oxygen atoms in total. The normalized spacial score (nSPS) is 13.0. The molecule has 1 amide bonds. The number of hydrogen-bond donors (Lipinski definition) is 2. The van der Waals surface area contributed by atoms with Crippen LogP contribution in [0.15, 0.2) is 54.9 Å². The predicted octanol–water partition coefficient (Wildman–Crippen LogP) is 2.53. The Morgan fingerprint density at radius 1 is 1.23 bits per heavy atom. The van der Waals surface area contributed by atoms with Crippen molar-refractivity contribution in [3.05, 3.63) is 60.4 Å². The van der Waals surface area contributed by atoms with Gasteiger partial charge in [-0.15, -0.1) is 0 Å². The lowest BCUT2D eigenvalue weighted by Gasteiger charge is -2.13. The largest absolute Gasteiger partial charge is 0.445 e. The van der Waals surface area contributed by atoms with Crippen LogP contribution in [0, 0.1) is 0 Å². The molecule has 116 valence electrons. The number of alkyl carbamates (subject to hydrolysis) is 1. The zero-order valence-electron chi connectivity index (χ0n) is 11.6. The number of carbonyl (C=O) groups excluding carboxylic acids is 1. The Hall–Kier alpha value is -2.37. The maximum absolute atomic E-state index is 11.8. The maximum atomic E-state index is 11.8. The molecule has 2 rings (SSSR count). The molecular formula is C14H15N2O5P. The lowest BCUT2D eigenvalue weighted by molar-refractivity contribution is 0.140. The van der Waals surface area contributed by atoms with Crippen LogP contribution in [0.4, 0.5) is 4.79 Å². The first kappa shape index (κ1) is 16.0. The maximum Gasteiger partial charge on any atom is 0.408 e. The van der Waals surface area contributed by atoms with Crippen LogP contribution in [-0.2, 0) is 15.9 Å². The fourth-order valence-electron chi connectivity index (χ4n) is 1.54. The number of pyridine rings is 1. The molecule has 0 aliphatic carbocycles. The highest BCUT2D eigenvalue weighted by Gasteiger charge is 2.22. The Balaban J connectivity index is 1.76. The van der Waals surface area contributed by atoms with Crippen molar-refractivity contribution in [2.24, 2.45) is 0 Å². The molecule has 2 N–H and O–H groups in total. The van der Waals surface area contributed by atoms with Crippen molar-refractivity contribution < 1.29 is 23.5 Å². The van der Waals surface area contributed by atoms with Crippen molar-refractivity contribution in [2.45, 2.75) is 6.61 Å². The fraction of sp³-hybridized carbons (Fsp3) is 0.143. The van der Waals surface area contributed by atoms with E-state index in [4.69, 9.17) is 9.26 Å². The van der Waals surface area contributed by atoms with Crippen LogP contribution in [0.5, 0.6) is 5.75 Å². The number of amides is 1. The van der Waals surface area contributed by atoms with Gasteiger partial charge in [-0.25, -0.2) is 9.36 Å². The van der Waals surface area contributed by atoms with Crippen molar-refractivity contribution in [1.82, 2.24) is 10.3 Å². The third-order valence-corrected chi connectivity index (χ3v) is 3.57. The van der Waals surface area contributed by atoms with E-state index in [1.165, 1.54) is 18.5 Å². The molecule has 0 bridgehead atoms. The van der Waals surface area contributed by atoms with Crippen LogP contribution < -0.4 is 9.84 Å². The predicted molar refractivity (Wildman–Crippen MR) is 79.3 cm³/mol. The number of nitrogens with zero attached hydrogens (tertiary/aromatic N) is 1. The second-order valence-corrected chi connectivity index (χ2v) is 6.09. The summed E-state index contributed by atoms with van der Waals surface area (Å²) in [5.41, 5.74) is 0.816. The third kappa shape index (κ3) is 5.55. The van der Waals surface area contributed by atoms with Crippen molar-refractivity contribution in [1.29, 1.82) is 0 Å². The summed E-state index contributed by atoms with van der Waals surface area (Å²) in [4.78, 5) is 24.9. The minimum atomic E-state index is -4.02. The average molecular weight is 322 g/mol. The van der Waals surface area contributed by atoms with Gasteiger partial charge < -0.3 is 19.5 Å². The summed E-state index contributed by atoms with van der Waals surface area (Å²) in [6, 6.07) is 12.1. The van der Waals surface area contributed by atoms with E-state index in [0.29, 0.717) is 0 Å². The summed E-state index contributed by atoms with van der Waals surface area (Å²) in [6.45, 7) is 0.0753. The number of nitrogens with one attached hydrogen (secondary N) is 1. The molecule has 1 unspecified atom stereocenters. The Kier molecular flexibility index (Phi) is 5.52. The van der Waals surface area contributed by atoms with Crippen molar-refractivity contribution in [3.8, 4) is 5.75 Å². The summed E-state index contributed by atoms with van der Waals surface area (Å²) < 4.78 is 21.6. The van der Waals surface area contributed by atoms with Crippen molar-refractivity contribution in [3.63, 3.8) is 0 Å². The summed E-state index contributed by atoms with van der Waals surface area (Å²) in [7, 11) is -4.02. The molecule has 22 heavy (non-hydrogen) atoms. The van der Waals surface area contributed by atoms with Crippen LogP contribution in [-0.4, -0.2) is 22.3 Å². The number of ether oxygens (including phenoxy) is 1. The van der Waals surface area contributed by atoms with Crippen molar-refractivity contribution in [2.75, 3.05) is 6.29 Å². The number of aromatic nitrogens is 1. The first-order valence-corrected chi connectivity index (χ1v) is 8.17. The third-order valence-electron chi connectivity index (χ3n) is 2.52. The van der Waals surface area contributed by atoms with Gasteiger partial charge in [0, 0.05) is 6.20 Å². The zero-order valence-corrected chi connectivity index (χ0v) is 12.5. The molecule has 0 fully saturated rings. The number of carbonyl (C=O) groups is 1. The molecule has 0 aliphatic heterocycles. The number of rotatable bonds is 6. The quantitative estimate of drug-likeness (QED) is 0.793. The van der Waals surface area contributed by atoms with Crippen LogP contribution in [0.3, 0.4) is 0 Å². The number of benzene rings is 1. The lowest BCUT2D eigenvalue weighted by atomic mass is 10.2. The molecule has 2 aromatic rings. The topological polar surface area (TPSA) is 97.8 Å². The fourth-order valence-corrected chi connectivity index (χ4v) is 2.37. The van der Waals surface area contributed by atoms with E-state index in [1.54, 1.807) is 18.2 Å². The van der Waals surface area contributed by atoms with E-state index in [-0.39, 0.29) is 12.4 Å². The van der Waals surface area contributed by atoms with Gasteiger partial charge in [0.1, 0.15) is 18.6 Å². The summed E-state index contributed by atoms with van der Waals surface area (Å²) >= 11 is 0. The molecule has 0 radical (unpaired) electrons. The molecule has 1 atom stereocenters. The molecule has 8 heteroatoms. The van der Waals surface area contributed by atoms with Crippen LogP contribution in [0.2, 0.25) is 0 Å². The molecule has 0 saturated carbocycles. The average Bonchev–Trinajstić information content (AvgIpc) is 2.53. The summed E-state index contributed by atoms with van der Waals surface area (Å²) in [5.74, 6) is 0.146. The zero-order chi connectivity index (χ0) is 15.8. The van der Waals surface area contributed by atoms with E-state index in [1.807, 2.05) is 18.2 Å². The van der Waals surface area contributed by atoms with E-state index in [9.17, 15) is 14.3 Å². The highest BCUT2D eigenvalue weighted by atomic mass is 31.2. The minimum absolute atomic E-state index is 0.0753. The van der Waals surface area contributed by atoms with Gasteiger partial charge in [0.2, 0.25) is 0 Å². The van der Waals surface area contributed by atoms with Gasteiger partial charge in [-0.3, -0.25) is 4.98 Å². The van der Waals surface area contributed by atoms with E-state index < -0.39 is 20.0 Å². The summed E-state index contributed by atoms with van der Waals surface area (Å²) in [5, 5.41) is 2.19. The smallest absolute Gasteiger partial charge is 0.408 e. The molecule has 1 aromatic carbocycles. The first-order valence-electron chi connectivity index (χ1n) is 6.41. The highest BCUT2D eigenvalue weighted by Crippen LogP contribution is 2.40. The second kappa shape index (κ2) is 7.59. The lowest BCUT2D eigenvalue weighted by Crippen LogP contribution is -2.26. The standard InChI is InChI=1S/C14H15N2O5P/c17-14(20-10-12-5-2-1-3-6-12)16-11-22(18,19)21-13-7-4-8-15-9-13/h1-9H,10-11H2,(H,16,17)(H,18,19). The Morgan fingerprint density at radius 3 is 2.68 bits per heavy atom. The van der Waals surface area contributed by atoms with Crippen molar-refractivity contribution >= 4 is 13.7 Å². The van der Waals surface area contributed by atoms with Gasteiger partial charge >= 0.3 is 13.7 Å². The Labute approximate surface area is 127 Å².